The van der Waals surface area contributed by atoms with Gasteiger partial charge in [-0.25, -0.2) is 4.79 Å². The lowest BCUT2D eigenvalue weighted by molar-refractivity contribution is -0.135. The van der Waals surface area contributed by atoms with E-state index in [2.05, 4.69) is 10.1 Å². The SMILES string of the molecule is COC(=O)C1=C(NC(=O)c2cc(Cl)ccc2Cl)CCS1. The molecule has 1 aromatic rings. The van der Waals surface area contributed by atoms with Crippen LogP contribution in [-0.2, 0) is 9.53 Å². The number of halogens is 2. The van der Waals surface area contributed by atoms with Gasteiger partial charge in [0, 0.05) is 16.5 Å². The summed E-state index contributed by atoms with van der Waals surface area (Å²) in [7, 11) is 1.31. The third-order valence-electron chi connectivity index (χ3n) is 2.68. The van der Waals surface area contributed by atoms with Crippen LogP contribution in [0.3, 0.4) is 0 Å². The van der Waals surface area contributed by atoms with E-state index in [-0.39, 0.29) is 5.56 Å². The monoisotopic (exact) mass is 331 g/mol. The molecule has 1 aliphatic rings. The number of nitrogens with one attached hydrogen (secondary N) is 1. The number of ether oxygens (including phenoxy) is 1. The van der Waals surface area contributed by atoms with Crippen molar-refractivity contribution in [1.29, 1.82) is 0 Å². The number of allylic oxidation sites excluding steroid dienone is 1. The highest BCUT2D eigenvalue weighted by Gasteiger charge is 2.24. The Bertz CT molecular complexity index is 601. The number of benzene rings is 1. The molecule has 0 saturated carbocycles. The largest absolute Gasteiger partial charge is 0.465 e. The minimum atomic E-state index is -0.444. The van der Waals surface area contributed by atoms with Gasteiger partial charge in [0.05, 0.1) is 17.7 Å². The first-order chi connectivity index (χ1) is 9.52. The average molecular weight is 332 g/mol. The highest BCUT2D eigenvalue weighted by atomic mass is 35.5. The molecule has 0 unspecified atom stereocenters. The summed E-state index contributed by atoms with van der Waals surface area (Å²) in [6.07, 6.45) is 0.596. The van der Waals surface area contributed by atoms with E-state index < -0.39 is 11.9 Å². The molecule has 0 spiro atoms. The third kappa shape index (κ3) is 3.29. The summed E-state index contributed by atoms with van der Waals surface area (Å²) in [5.74, 6) is -0.111. The van der Waals surface area contributed by atoms with Crippen LogP contribution in [0.25, 0.3) is 0 Å². The van der Waals surface area contributed by atoms with E-state index in [0.717, 1.165) is 5.75 Å². The lowest BCUT2D eigenvalue weighted by Crippen LogP contribution is -2.24. The molecule has 106 valence electrons. The summed E-state index contributed by atoms with van der Waals surface area (Å²) in [6, 6.07) is 4.64. The van der Waals surface area contributed by atoms with Crippen molar-refractivity contribution in [2.24, 2.45) is 0 Å². The molecule has 0 aromatic heterocycles. The maximum atomic E-state index is 12.2. The van der Waals surface area contributed by atoms with Gasteiger partial charge < -0.3 is 10.1 Å². The number of hydrogen-bond donors (Lipinski definition) is 1. The Balaban J connectivity index is 2.23. The van der Waals surface area contributed by atoms with Gasteiger partial charge in [0.15, 0.2) is 0 Å². The normalized spacial score (nSPS) is 14.3. The molecule has 7 heteroatoms. The summed E-state index contributed by atoms with van der Waals surface area (Å²) in [6.45, 7) is 0. The van der Waals surface area contributed by atoms with E-state index in [0.29, 0.717) is 27.1 Å². The van der Waals surface area contributed by atoms with Crippen LogP contribution in [0, 0.1) is 0 Å². The van der Waals surface area contributed by atoms with E-state index >= 15 is 0 Å². The molecule has 0 radical (unpaired) electrons. The topological polar surface area (TPSA) is 55.4 Å². The molecule has 0 atom stereocenters. The van der Waals surface area contributed by atoms with Crippen LogP contribution in [-0.4, -0.2) is 24.7 Å². The van der Waals surface area contributed by atoms with Gasteiger partial charge in [-0.3, -0.25) is 4.79 Å². The molecule has 0 fully saturated rings. The first kappa shape index (κ1) is 15.2. The summed E-state index contributed by atoms with van der Waals surface area (Å²) in [5, 5.41) is 3.43. The summed E-state index contributed by atoms with van der Waals surface area (Å²) >= 11 is 13.2. The number of thioether (sulfide) groups is 1. The van der Waals surface area contributed by atoms with Crippen molar-refractivity contribution in [1.82, 2.24) is 5.32 Å². The second-order valence-electron chi connectivity index (χ2n) is 3.98. The van der Waals surface area contributed by atoms with Crippen molar-refractivity contribution in [3.8, 4) is 0 Å². The van der Waals surface area contributed by atoms with E-state index in [1.807, 2.05) is 0 Å². The Morgan fingerprint density at radius 3 is 2.80 bits per heavy atom. The van der Waals surface area contributed by atoms with Crippen LogP contribution in [0.15, 0.2) is 28.8 Å². The lowest BCUT2D eigenvalue weighted by atomic mass is 10.2. The predicted octanol–water partition coefficient (Wildman–Crippen LogP) is 3.24. The molecule has 1 amide bonds. The molecule has 1 heterocycles. The number of carbonyl (C=O) groups excluding carboxylic acids is 2. The van der Waals surface area contributed by atoms with Crippen molar-refractivity contribution in [2.75, 3.05) is 12.9 Å². The first-order valence-corrected chi connectivity index (χ1v) is 7.47. The summed E-state index contributed by atoms with van der Waals surface area (Å²) in [5.41, 5.74) is 0.829. The van der Waals surface area contributed by atoms with Crippen LogP contribution in [0.5, 0.6) is 0 Å². The first-order valence-electron chi connectivity index (χ1n) is 5.73. The number of hydrogen-bond acceptors (Lipinski definition) is 4. The fourth-order valence-electron chi connectivity index (χ4n) is 1.73. The molecule has 0 saturated heterocycles. The molecule has 2 rings (SSSR count). The van der Waals surface area contributed by atoms with Crippen molar-refractivity contribution in [3.63, 3.8) is 0 Å². The highest BCUT2D eigenvalue weighted by Crippen LogP contribution is 2.31. The van der Waals surface area contributed by atoms with Crippen LogP contribution >= 0.6 is 35.0 Å². The maximum Gasteiger partial charge on any atom is 0.346 e. The maximum absolute atomic E-state index is 12.2. The smallest absolute Gasteiger partial charge is 0.346 e. The average Bonchev–Trinajstić information content (AvgIpc) is 2.88. The van der Waals surface area contributed by atoms with Crippen LogP contribution in [0.2, 0.25) is 10.0 Å². The second kappa shape index (κ2) is 6.52. The third-order valence-corrected chi connectivity index (χ3v) is 4.36. The predicted molar refractivity (Wildman–Crippen MR) is 80.0 cm³/mol. The Labute approximate surface area is 130 Å². The number of methoxy groups -OCH3 is 1. The van der Waals surface area contributed by atoms with Gasteiger partial charge in [0.25, 0.3) is 5.91 Å². The van der Waals surface area contributed by atoms with Crippen molar-refractivity contribution < 1.29 is 14.3 Å². The molecule has 1 N–H and O–H groups in total. The fraction of sp³-hybridized carbons (Fsp3) is 0.231. The molecular weight excluding hydrogens is 321 g/mol. The Morgan fingerprint density at radius 2 is 2.10 bits per heavy atom. The lowest BCUT2D eigenvalue weighted by Gasteiger charge is -2.09. The molecule has 1 aliphatic heterocycles. The van der Waals surface area contributed by atoms with Crippen molar-refractivity contribution in [3.05, 3.63) is 44.4 Å². The molecule has 0 aliphatic carbocycles. The molecule has 1 aromatic carbocycles. The minimum Gasteiger partial charge on any atom is -0.465 e. The van der Waals surface area contributed by atoms with Crippen molar-refractivity contribution in [2.45, 2.75) is 6.42 Å². The Kier molecular flexibility index (Phi) is 4.96. The zero-order valence-corrected chi connectivity index (χ0v) is 12.9. The van der Waals surface area contributed by atoms with E-state index in [1.165, 1.54) is 24.9 Å². The van der Waals surface area contributed by atoms with Crippen LogP contribution in [0.1, 0.15) is 16.8 Å². The van der Waals surface area contributed by atoms with Gasteiger partial charge in [0.1, 0.15) is 4.91 Å². The fourth-order valence-corrected chi connectivity index (χ4v) is 3.14. The quantitative estimate of drug-likeness (QED) is 0.864. The number of esters is 1. The molecule has 20 heavy (non-hydrogen) atoms. The van der Waals surface area contributed by atoms with Gasteiger partial charge in [-0.1, -0.05) is 23.2 Å². The summed E-state index contributed by atoms with van der Waals surface area (Å²) in [4.78, 5) is 24.2. The van der Waals surface area contributed by atoms with Gasteiger partial charge in [0.2, 0.25) is 0 Å². The van der Waals surface area contributed by atoms with E-state index in [1.54, 1.807) is 12.1 Å². The molecule has 0 bridgehead atoms. The standard InChI is InChI=1S/C13H11Cl2NO3S/c1-19-13(18)11-10(4-5-20-11)16-12(17)8-6-7(14)2-3-9(8)15/h2-3,6H,4-5H2,1H3,(H,16,17). The molecular formula is C13H11Cl2NO3S. The second-order valence-corrected chi connectivity index (χ2v) is 5.92. The van der Waals surface area contributed by atoms with E-state index in [9.17, 15) is 9.59 Å². The number of amides is 1. The number of rotatable bonds is 3. The van der Waals surface area contributed by atoms with Crippen LogP contribution in [0.4, 0.5) is 0 Å². The zero-order valence-electron chi connectivity index (χ0n) is 10.5. The van der Waals surface area contributed by atoms with Gasteiger partial charge in [-0.15, -0.1) is 11.8 Å². The summed E-state index contributed by atoms with van der Waals surface area (Å²) < 4.78 is 4.68. The number of carbonyl (C=O) groups is 2. The van der Waals surface area contributed by atoms with Crippen LogP contribution < -0.4 is 5.32 Å². The van der Waals surface area contributed by atoms with Gasteiger partial charge >= 0.3 is 5.97 Å². The van der Waals surface area contributed by atoms with E-state index in [4.69, 9.17) is 23.2 Å². The zero-order chi connectivity index (χ0) is 14.7. The van der Waals surface area contributed by atoms with Gasteiger partial charge in [-0.05, 0) is 24.6 Å². The minimum absolute atomic E-state index is 0.271. The highest BCUT2D eigenvalue weighted by molar-refractivity contribution is 8.04. The Morgan fingerprint density at radius 1 is 1.35 bits per heavy atom. The van der Waals surface area contributed by atoms with Crippen molar-refractivity contribution >= 4 is 46.8 Å². The molecule has 4 nitrogen and oxygen atoms in total. The van der Waals surface area contributed by atoms with Gasteiger partial charge in [-0.2, -0.15) is 0 Å². The Hall–Kier alpha value is -1.17.